The van der Waals surface area contributed by atoms with Crippen LogP contribution in [0.4, 0.5) is 0 Å². The molecule has 5 nitrogen and oxygen atoms in total. The fourth-order valence-corrected chi connectivity index (χ4v) is 1.66. The minimum absolute atomic E-state index is 0. The zero-order valence-corrected chi connectivity index (χ0v) is 11.8. The van der Waals surface area contributed by atoms with Gasteiger partial charge in [-0.3, -0.25) is 4.79 Å². The molecule has 0 aromatic carbocycles. The van der Waals surface area contributed by atoms with Crippen molar-refractivity contribution >= 4 is 5.97 Å². The van der Waals surface area contributed by atoms with Gasteiger partial charge in [-0.15, -0.1) is 0 Å². The molecule has 18 heavy (non-hydrogen) atoms. The molecule has 0 unspecified atom stereocenters. The summed E-state index contributed by atoms with van der Waals surface area (Å²) >= 11 is 0. The van der Waals surface area contributed by atoms with Crippen LogP contribution in [0.25, 0.3) is 0 Å². The van der Waals surface area contributed by atoms with E-state index in [4.69, 9.17) is 4.84 Å². The zero-order valence-electron chi connectivity index (χ0n) is 11.1. The fourth-order valence-electron chi connectivity index (χ4n) is 1.66. The lowest BCUT2D eigenvalue weighted by Gasteiger charge is -2.30. The van der Waals surface area contributed by atoms with Gasteiger partial charge in [0.25, 0.3) is 0 Å². The maximum absolute atomic E-state index is 11.4. The average Bonchev–Trinajstić information content (AvgIpc) is 2.30. The number of hydrogen-bond acceptors (Lipinski definition) is 4. The Labute approximate surface area is 114 Å². The van der Waals surface area contributed by atoms with Crippen LogP contribution in [-0.4, -0.2) is 25.7 Å². The Balaban J connectivity index is 0.00000289. The first-order valence-corrected chi connectivity index (χ1v) is 5.39. The lowest BCUT2D eigenvalue weighted by Crippen LogP contribution is -3.00. The zero-order chi connectivity index (χ0) is 12.9. The lowest BCUT2D eigenvalue weighted by atomic mass is 10.0. The minimum atomic E-state index is -0.506. The molecule has 1 heterocycles. The molecule has 0 saturated heterocycles. The normalized spacial score (nSPS) is 10.4. The molecule has 0 aliphatic carbocycles. The molecular weight excluding hydrogens is 256 g/mol. The number of hydroxylamine groups is 1. The van der Waals surface area contributed by atoms with Gasteiger partial charge >= 0.3 is 5.97 Å². The molecular formula is C12H19ClN2O3. The second-order valence-corrected chi connectivity index (χ2v) is 4.28. The summed E-state index contributed by atoms with van der Waals surface area (Å²) in [6.07, 6.45) is 3.93. The predicted molar refractivity (Wildman–Crippen MR) is 62.6 cm³/mol. The number of esters is 1. The number of hydrogen-bond donors (Lipinski definition) is 0. The first kappa shape index (κ1) is 16.7. The van der Waals surface area contributed by atoms with Crippen LogP contribution in [0.5, 0.6) is 0 Å². The molecule has 0 N–H and O–H groups in total. The van der Waals surface area contributed by atoms with Crippen molar-refractivity contribution in [3.63, 3.8) is 0 Å². The molecule has 0 aliphatic heterocycles. The number of halogens is 1. The van der Waals surface area contributed by atoms with Crippen LogP contribution >= 0.6 is 0 Å². The second-order valence-electron chi connectivity index (χ2n) is 4.28. The number of methoxy groups -OCH3 is 1. The Morgan fingerprint density at radius 1 is 1.22 bits per heavy atom. The number of rotatable bonds is 5. The van der Waals surface area contributed by atoms with E-state index < -0.39 is 5.54 Å². The minimum Gasteiger partial charge on any atom is -1.00 e. The quantitative estimate of drug-likeness (QED) is 0.348. The highest BCUT2D eigenvalue weighted by atomic mass is 35.5. The number of carbonyl (C=O) groups is 1. The molecule has 0 fully saturated rings. The highest BCUT2D eigenvalue weighted by Crippen LogP contribution is 2.15. The van der Waals surface area contributed by atoms with Gasteiger partial charge in [-0.25, -0.2) is 4.84 Å². The van der Waals surface area contributed by atoms with Crippen LogP contribution in [0.1, 0.15) is 20.3 Å². The van der Waals surface area contributed by atoms with E-state index in [0.717, 1.165) is 0 Å². The van der Waals surface area contributed by atoms with Gasteiger partial charge in [0.2, 0.25) is 12.4 Å². The summed E-state index contributed by atoms with van der Waals surface area (Å²) in [4.78, 5) is 16.7. The molecule has 0 spiro atoms. The van der Waals surface area contributed by atoms with Crippen LogP contribution in [0.2, 0.25) is 0 Å². The Hall–Kier alpha value is -1.33. The highest BCUT2D eigenvalue weighted by molar-refractivity contribution is 5.70. The van der Waals surface area contributed by atoms with Gasteiger partial charge in [0, 0.05) is 12.1 Å². The van der Waals surface area contributed by atoms with E-state index >= 15 is 0 Å². The van der Waals surface area contributed by atoms with Gasteiger partial charge in [-0.1, -0.05) is 10.7 Å². The smallest absolute Gasteiger partial charge is 0.308 e. The Kier molecular flexibility index (Phi) is 6.65. The van der Waals surface area contributed by atoms with Crippen molar-refractivity contribution in [3.05, 3.63) is 30.6 Å². The lowest BCUT2D eigenvalue weighted by molar-refractivity contribution is -0.738. The van der Waals surface area contributed by atoms with Gasteiger partial charge in [-0.05, 0) is 19.0 Å². The monoisotopic (exact) mass is 274 g/mol. The molecule has 0 radical (unpaired) electrons. The molecule has 0 bridgehead atoms. The van der Waals surface area contributed by atoms with Crippen molar-refractivity contribution in [3.8, 4) is 0 Å². The molecule has 6 heteroatoms. The molecule has 0 aliphatic rings. The van der Waals surface area contributed by atoms with Crippen molar-refractivity contribution in [2.45, 2.75) is 25.8 Å². The number of aromatic nitrogens is 1. The third-order valence-electron chi connectivity index (χ3n) is 2.40. The average molecular weight is 275 g/mol. The molecule has 0 amide bonds. The van der Waals surface area contributed by atoms with Crippen molar-refractivity contribution < 1.29 is 31.5 Å². The standard InChI is InChI=1S/C12H19N2O3.ClH/c1-12(2,10-11(15)16-3)14(17-4)13-8-6-5-7-9-13;/h5-9H,10H2,1-4H3;1H/q+1;/p-1. The Morgan fingerprint density at radius 3 is 2.22 bits per heavy atom. The summed E-state index contributed by atoms with van der Waals surface area (Å²) in [7, 11) is 2.95. The van der Waals surface area contributed by atoms with Crippen LogP contribution in [0, 0.1) is 0 Å². The van der Waals surface area contributed by atoms with Gasteiger partial charge in [0.05, 0.1) is 20.6 Å². The summed E-state index contributed by atoms with van der Waals surface area (Å²) in [5.41, 5.74) is -0.506. The molecule has 102 valence electrons. The fraction of sp³-hybridized carbons (Fsp3) is 0.500. The summed E-state index contributed by atoms with van der Waals surface area (Å²) in [5.74, 6) is -0.270. The summed E-state index contributed by atoms with van der Waals surface area (Å²) < 4.78 is 6.47. The Bertz CT molecular complexity index is 371. The van der Waals surface area contributed by atoms with Gasteiger partial charge in [-0.2, -0.15) is 0 Å². The first-order valence-electron chi connectivity index (χ1n) is 5.39. The molecule has 0 saturated carbocycles. The third-order valence-corrected chi connectivity index (χ3v) is 2.40. The SMILES string of the molecule is COC(=O)CC(C)(C)N(OC)[n+]1ccccc1.[Cl-]. The predicted octanol–water partition coefficient (Wildman–Crippen LogP) is -2.18. The van der Waals surface area contributed by atoms with Crippen LogP contribution in [0.15, 0.2) is 30.6 Å². The first-order chi connectivity index (χ1) is 8.01. The van der Waals surface area contributed by atoms with Crippen molar-refractivity contribution in [1.82, 2.24) is 0 Å². The van der Waals surface area contributed by atoms with Gasteiger partial charge in [0.15, 0.2) is 0 Å². The number of ether oxygens (including phenoxy) is 1. The van der Waals surface area contributed by atoms with E-state index in [-0.39, 0.29) is 24.8 Å². The number of pyridine rings is 1. The number of nitrogens with zero attached hydrogens (tertiary/aromatic N) is 2. The van der Waals surface area contributed by atoms with Gasteiger partial charge < -0.3 is 17.1 Å². The van der Waals surface area contributed by atoms with Gasteiger partial charge in [0.1, 0.15) is 5.54 Å². The van der Waals surface area contributed by atoms with Crippen molar-refractivity contribution in [2.75, 3.05) is 19.4 Å². The third kappa shape index (κ3) is 4.16. The van der Waals surface area contributed by atoms with E-state index in [1.165, 1.54) is 7.11 Å². The molecule has 1 aromatic rings. The Morgan fingerprint density at radius 2 is 1.78 bits per heavy atom. The summed E-state index contributed by atoms with van der Waals surface area (Å²) in [5, 5.41) is 1.63. The molecule has 1 rings (SSSR count). The summed E-state index contributed by atoms with van der Waals surface area (Å²) in [6.45, 7) is 3.82. The van der Waals surface area contributed by atoms with Crippen LogP contribution in [-0.2, 0) is 14.4 Å². The van der Waals surface area contributed by atoms with E-state index in [1.807, 2.05) is 44.4 Å². The maximum atomic E-state index is 11.4. The molecule has 1 aromatic heterocycles. The highest BCUT2D eigenvalue weighted by Gasteiger charge is 2.36. The molecule has 0 atom stereocenters. The van der Waals surface area contributed by atoms with E-state index in [9.17, 15) is 4.79 Å². The van der Waals surface area contributed by atoms with E-state index in [0.29, 0.717) is 0 Å². The second kappa shape index (κ2) is 7.18. The van der Waals surface area contributed by atoms with Crippen molar-refractivity contribution in [2.24, 2.45) is 0 Å². The topological polar surface area (TPSA) is 42.6 Å². The number of carbonyl (C=O) groups excluding carboxylic acids is 1. The van der Waals surface area contributed by atoms with E-state index in [1.54, 1.807) is 17.0 Å². The van der Waals surface area contributed by atoms with Crippen molar-refractivity contribution in [1.29, 1.82) is 0 Å². The maximum Gasteiger partial charge on any atom is 0.308 e. The summed E-state index contributed by atoms with van der Waals surface area (Å²) in [6, 6.07) is 5.69. The largest absolute Gasteiger partial charge is 1.00 e. The van der Waals surface area contributed by atoms with Crippen LogP contribution in [0.3, 0.4) is 0 Å². The van der Waals surface area contributed by atoms with E-state index in [2.05, 4.69) is 4.74 Å². The van der Waals surface area contributed by atoms with Crippen LogP contribution < -0.4 is 22.3 Å².